The first-order valence-electron chi connectivity index (χ1n) is 7.75. The van der Waals surface area contributed by atoms with E-state index in [4.69, 9.17) is 17.0 Å². The van der Waals surface area contributed by atoms with E-state index < -0.39 is 5.91 Å². The molecule has 136 valence electrons. The molecular formula is C18H18BrN3O3S. The highest BCUT2D eigenvalue weighted by Gasteiger charge is 2.08. The van der Waals surface area contributed by atoms with Crippen molar-refractivity contribution in [3.05, 3.63) is 64.1 Å². The third-order valence-electron chi connectivity index (χ3n) is 3.28. The lowest BCUT2D eigenvalue weighted by Crippen LogP contribution is -2.49. The molecule has 0 aliphatic carbocycles. The fourth-order valence-electron chi connectivity index (χ4n) is 2.00. The minimum atomic E-state index is -0.430. The lowest BCUT2D eigenvalue weighted by Gasteiger charge is -2.11. The highest BCUT2D eigenvalue weighted by molar-refractivity contribution is 9.10. The van der Waals surface area contributed by atoms with Crippen LogP contribution in [0.2, 0.25) is 0 Å². The summed E-state index contributed by atoms with van der Waals surface area (Å²) < 4.78 is 6.37. The van der Waals surface area contributed by atoms with Gasteiger partial charge in [0.15, 0.2) is 11.7 Å². The fraction of sp³-hybridized carbons (Fsp3) is 0.167. The van der Waals surface area contributed by atoms with Crippen molar-refractivity contribution in [2.75, 3.05) is 6.61 Å². The first-order valence-corrected chi connectivity index (χ1v) is 8.95. The van der Waals surface area contributed by atoms with Gasteiger partial charge in [0.2, 0.25) is 5.91 Å². The van der Waals surface area contributed by atoms with E-state index in [1.54, 1.807) is 6.07 Å². The van der Waals surface area contributed by atoms with Gasteiger partial charge in [-0.25, -0.2) is 0 Å². The number of hydrazine groups is 1. The number of rotatable bonds is 5. The summed E-state index contributed by atoms with van der Waals surface area (Å²) in [7, 11) is 0. The summed E-state index contributed by atoms with van der Waals surface area (Å²) in [6.45, 7) is 1.73. The Morgan fingerprint density at radius 1 is 1.08 bits per heavy atom. The molecule has 2 aromatic rings. The molecule has 0 aliphatic heterocycles. The number of nitrogens with one attached hydrogen (secondary N) is 3. The zero-order valence-electron chi connectivity index (χ0n) is 14.0. The molecule has 0 saturated carbocycles. The normalized spacial score (nSPS) is 9.92. The van der Waals surface area contributed by atoms with Gasteiger partial charge in [0.1, 0.15) is 5.75 Å². The number of halogens is 1. The Balaban J connectivity index is 1.69. The smallest absolute Gasteiger partial charge is 0.264 e. The predicted octanol–water partition coefficient (Wildman–Crippen LogP) is 2.40. The zero-order valence-corrected chi connectivity index (χ0v) is 16.4. The molecule has 0 aromatic heterocycles. The minimum Gasteiger partial charge on any atom is -0.484 e. The second-order valence-electron chi connectivity index (χ2n) is 5.41. The number of carbonyl (C=O) groups excluding carboxylic acids is 2. The molecule has 0 saturated heterocycles. The predicted molar refractivity (Wildman–Crippen MR) is 107 cm³/mol. The monoisotopic (exact) mass is 435 g/mol. The number of hydrogen-bond acceptors (Lipinski definition) is 4. The quantitative estimate of drug-likeness (QED) is 0.496. The van der Waals surface area contributed by atoms with Crippen molar-refractivity contribution in [1.29, 1.82) is 0 Å². The highest BCUT2D eigenvalue weighted by atomic mass is 79.9. The van der Waals surface area contributed by atoms with Crippen LogP contribution in [0.5, 0.6) is 5.75 Å². The van der Waals surface area contributed by atoms with Gasteiger partial charge in [-0.15, -0.1) is 0 Å². The molecule has 2 amide bonds. The Kier molecular flexibility index (Phi) is 7.55. The van der Waals surface area contributed by atoms with Gasteiger partial charge in [-0.1, -0.05) is 46.3 Å². The number of aryl methyl sites for hydroxylation is 1. The first kappa shape index (κ1) is 19.9. The van der Waals surface area contributed by atoms with Gasteiger partial charge in [0.05, 0.1) is 6.42 Å². The minimum absolute atomic E-state index is 0.00741. The van der Waals surface area contributed by atoms with Crippen molar-refractivity contribution >= 4 is 45.1 Å². The van der Waals surface area contributed by atoms with Crippen LogP contribution >= 0.6 is 28.1 Å². The van der Waals surface area contributed by atoms with Crippen molar-refractivity contribution in [2.24, 2.45) is 0 Å². The zero-order chi connectivity index (χ0) is 18.9. The summed E-state index contributed by atoms with van der Waals surface area (Å²) >= 11 is 8.36. The molecule has 0 bridgehead atoms. The van der Waals surface area contributed by atoms with Gasteiger partial charge < -0.3 is 4.74 Å². The average Bonchev–Trinajstić information content (AvgIpc) is 2.62. The van der Waals surface area contributed by atoms with E-state index in [9.17, 15) is 9.59 Å². The average molecular weight is 436 g/mol. The lowest BCUT2D eigenvalue weighted by atomic mass is 10.1. The summed E-state index contributed by atoms with van der Waals surface area (Å²) in [6.07, 6.45) is 0.205. The van der Waals surface area contributed by atoms with E-state index in [0.717, 1.165) is 15.6 Å². The van der Waals surface area contributed by atoms with Crippen LogP contribution in [-0.4, -0.2) is 23.5 Å². The van der Waals surface area contributed by atoms with Crippen LogP contribution in [0.25, 0.3) is 0 Å². The maximum absolute atomic E-state index is 11.8. The van der Waals surface area contributed by atoms with Gasteiger partial charge in [0.25, 0.3) is 5.91 Å². The molecule has 26 heavy (non-hydrogen) atoms. The third kappa shape index (κ3) is 6.81. The molecule has 0 heterocycles. The maximum Gasteiger partial charge on any atom is 0.264 e. The molecule has 0 fully saturated rings. The van der Waals surface area contributed by atoms with Crippen molar-refractivity contribution in [2.45, 2.75) is 13.3 Å². The van der Waals surface area contributed by atoms with Crippen molar-refractivity contribution in [1.82, 2.24) is 16.2 Å². The standard InChI is InChI=1S/C18H18BrN3O3S/c1-12-9-14(7-8-15(12)19)25-11-17(24)20-18(26)22-21-16(23)10-13-5-3-2-4-6-13/h2-9H,10-11H2,1H3,(H,21,23)(H2,20,22,24,26). The van der Waals surface area contributed by atoms with E-state index in [1.807, 2.05) is 49.4 Å². The van der Waals surface area contributed by atoms with Crippen molar-refractivity contribution in [3.63, 3.8) is 0 Å². The molecule has 0 unspecified atom stereocenters. The second-order valence-corrected chi connectivity index (χ2v) is 6.68. The fourth-order valence-corrected chi connectivity index (χ4v) is 2.41. The molecule has 0 radical (unpaired) electrons. The van der Waals surface area contributed by atoms with Crippen LogP contribution < -0.4 is 20.9 Å². The molecule has 0 spiro atoms. The summed E-state index contributed by atoms with van der Waals surface area (Å²) in [5.74, 6) is -0.120. The van der Waals surface area contributed by atoms with Crippen molar-refractivity contribution in [3.8, 4) is 5.75 Å². The van der Waals surface area contributed by atoms with E-state index >= 15 is 0 Å². The van der Waals surface area contributed by atoms with Gasteiger partial charge in [0, 0.05) is 4.47 Å². The molecule has 8 heteroatoms. The van der Waals surface area contributed by atoms with E-state index in [-0.39, 0.29) is 24.0 Å². The van der Waals surface area contributed by atoms with Gasteiger partial charge >= 0.3 is 0 Å². The Bertz CT molecular complexity index is 800. The topological polar surface area (TPSA) is 79.5 Å². The van der Waals surface area contributed by atoms with E-state index in [0.29, 0.717) is 5.75 Å². The highest BCUT2D eigenvalue weighted by Crippen LogP contribution is 2.21. The third-order valence-corrected chi connectivity index (χ3v) is 4.37. The lowest BCUT2D eigenvalue weighted by molar-refractivity contribution is -0.122. The van der Waals surface area contributed by atoms with Crippen LogP contribution in [0.3, 0.4) is 0 Å². The maximum atomic E-state index is 11.8. The summed E-state index contributed by atoms with van der Waals surface area (Å²) in [4.78, 5) is 23.6. The summed E-state index contributed by atoms with van der Waals surface area (Å²) in [5, 5.41) is 2.42. The summed E-state index contributed by atoms with van der Waals surface area (Å²) in [5.41, 5.74) is 6.80. The van der Waals surface area contributed by atoms with Gasteiger partial charge in [-0.3, -0.25) is 25.8 Å². The van der Waals surface area contributed by atoms with E-state index in [1.165, 1.54) is 0 Å². The Morgan fingerprint density at radius 2 is 1.81 bits per heavy atom. The second kappa shape index (κ2) is 9.88. The molecule has 2 rings (SSSR count). The summed E-state index contributed by atoms with van der Waals surface area (Å²) in [6, 6.07) is 14.7. The molecule has 6 nitrogen and oxygen atoms in total. The van der Waals surface area contributed by atoms with Crippen LogP contribution in [0, 0.1) is 6.92 Å². The number of carbonyl (C=O) groups is 2. The Hall–Kier alpha value is -2.45. The van der Waals surface area contributed by atoms with E-state index in [2.05, 4.69) is 32.1 Å². The number of hydrogen-bond donors (Lipinski definition) is 3. The molecular weight excluding hydrogens is 418 g/mol. The number of ether oxygens (including phenoxy) is 1. The first-order chi connectivity index (χ1) is 12.4. The van der Waals surface area contributed by atoms with Crippen molar-refractivity contribution < 1.29 is 14.3 Å². The SMILES string of the molecule is Cc1cc(OCC(=O)NC(=S)NNC(=O)Cc2ccccc2)ccc1Br. The molecule has 2 aromatic carbocycles. The molecule has 0 aliphatic rings. The largest absolute Gasteiger partial charge is 0.484 e. The van der Waals surface area contributed by atoms with Gasteiger partial charge in [-0.2, -0.15) is 0 Å². The Labute approximate surface area is 165 Å². The van der Waals surface area contributed by atoms with Gasteiger partial charge in [-0.05, 0) is 48.5 Å². The number of thiocarbonyl (C=S) groups is 1. The number of benzene rings is 2. The Morgan fingerprint density at radius 3 is 2.50 bits per heavy atom. The van der Waals surface area contributed by atoms with Crippen LogP contribution in [0.1, 0.15) is 11.1 Å². The van der Waals surface area contributed by atoms with Crippen LogP contribution in [0.15, 0.2) is 53.0 Å². The molecule has 0 atom stereocenters. The van der Waals surface area contributed by atoms with Crippen LogP contribution in [-0.2, 0) is 16.0 Å². The molecule has 3 N–H and O–H groups in total. The number of amides is 2. The van der Waals surface area contributed by atoms with Crippen LogP contribution in [0.4, 0.5) is 0 Å².